The lowest BCUT2D eigenvalue weighted by atomic mass is 10.1. The molecule has 8 nitrogen and oxygen atoms in total. The van der Waals surface area contributed by atoms with Gasteiger partial charge in [-0.05, 0) is 45.0 Å². The zero-order valence-corrected chi connectivity index (χ0v) is 14.1. The van der Waals surface area contributed by atoms with Crippen LogP contribution in [-0.4, -0.2) is 35.7 Å². The molecule has 25 heavy (non-hydrogen) atoms. The molecule has 0 unspecified atom stereocenters. The fourth-order valence-electron chi connectivity index (χ4n) is 2.59. The van der Waals surface area contributed by atoms with Gasteiger partial charge in [-0.3, -0.25) is 0 Å². The Hall–Kier alpha value is -3.42. The topological polar surface area (TPSA) is 122 Å². The first-order chi connectivity index (χ1) is 11.9. The van der Waals surface area contributed by atoms with Crippen LogP contribution in [0.15, 0.2) is 35.4 Å². The Kier molecular flexibility index (Phi) is 4.10. The van der Waals surface area contributed by atoms with Crippen molar-refractivity contribution in [2.24, 2.45) is 10.9 Å². The highest BCUT2D eigenvalue weighted by Crippen LogP contribution is 2.25. The smallest absolute Gasteiger partial charge is 0.251 e. The minimum absolute atomic E-state index is 0.0557. The molecule has 0 aliphatic rings. The molecule has 0 atom stereocenters. The molecule has 0 aliphatic carbocycles. The molecule has 8 heteroatoms. The predicted octanol–water partition coefficient (Wildman–Crippen LogP) is 1.71. The fourth-order valence-corrected chi connectivity index (χ4v) is 2.59. The number of benzene rings is 1. The molecular formula is C17H18N6O2. The van der Waals surface area contributed by atoms with Crippen molar-refractivity contribution in [2.45, 2.75) is 20.8 Å². The average molecular weight is 338 g/mol. The quantitative estimate of drug-likeness (QED) is 0.379. The summed E-state index contributed by atoms with van der Waals surface area (Å²) in [6.45, 7) is 5.63. The molecule has 4 N–H and O–H groups in total. The minimum atomic E-state index is -0.145. The second kappa shape index (κ2) is 6.23. The molecule has 0 amide bonds. The third kappa shape index (κ3) is 3.14. The normalized spacial score (nSPS) is 11.7. The van der Waals surface area contributed by atoms with Crippen molar-refractivity contribution in [1.82, 2.24) is 19.7 Å². The van der Waals surface area contributed by atoms with E-state index in [-0.39, 0.29) is 17.2 Å². The van der Waals surface area contributed by atoms with Gasteiger partial charge in [0.2, 0.25) is 0 Å². The molecule has 2 aromatic heterocycles. The number of hydrogen-bond donors (Lipinski definition) is 3. The molecule has 2 heterocycles. The Morgan fingerprint density at radius 3 is 2.40 bits per heavy atom. The van der Waals surface area contributed by atoms with Crippen LogP contribution in [0.2, 0.25) is 0 Å². The van der Waals surface area contributed by atoms with E-state index in [1.165, 1.54) is 18.2 Å². The molecular weight excluding hydrogens is 320 g/mol. The number of nitrogens with zero attached hydrogens (tertiary/aromatic N) is 5. The molecule has 0 spiro atoms. The first-order valence-electron chi connectivity index (χ1n) is 7.59. The second-order valence-corrected chi connectivity index (χ2v) is 5.71. The van der Waals surface area contributed by atoms with E-state index >= 15 is 0 Å². The molecule has 128 valence electrons. The highest BCUT2D eigenvalue weighted by Gasteiger charge is 2.17. The summed E-state index contributed by atoms with van der Waals surface area (Å²) in [4.78, 5) is 8.91. The average Bonchev–Trinajstić information content (AvgIpc) is 2.88. The van der Waals surface area contributed by atoms with E-state index < -0.39 is 0 Å². The van der Waals surface area contributed by atoms with E-state index in [4.69, 9.17) is 5.84 Å². The third-order valence-electron chi connectivity index (χ3n) is 3.65. The van der Waals surface area contributed by atoms with Gasteiger partial charge in [-0.25, -0.2) is 14.6 Å². The van der Waals surface area contributed by atoms with E-state index in [9.17, 15) is 10.2 Å². The maximum Gasteiger partial charge on any atom is 0.251 e. The van der Waals surface area contributed by atoms with E-state index in [2.05, 4.69) is 20.2 Å². The van der Waals surface area contributed by atoms with E-state index in [0.29, 0.717) is 22.9 Å². The number of aryl methyl sites for hydroxylation is 3. The number of phenolic OH excluding ortho intramolecular Hbond substituents is 2. The first kappa shape index (κ1) is 16.4. The van der Waals surface area contributed by atoms with Gasteiger partial charge in [-0.1, -0.05) is 0 Å². The number of phenols is 2. The van der Waals surface area contributed by atoms with Crippen molar-refractivity contribution in [3.05, 3.63) is 58.7 Å². The number of rotatable bonds is 3. The van der Waals surface area contributed by atoms with Gasteiger partial charge in [0.1, 0.15) is 17.2 Å². The van der Waals surface area contributed by atoms with E-state index in [1.54, 1.807) is 10.7 Å². The number of hydrazone groups is 1. The Labute approximate surface area is 144 Å². The summed E-state index contributed by atoms with van der Waals surface area (Å²) in [5.74, 6) is 5.74. The maximum absolute atomic E-state index is 10.1. The first-order valence-corrected chi connectivity index (χ1v) is 7.59. The van der Waals surface area contributed by atoms with Crippen molar-refractivity contribution in [3.63, 3.8) is 0 Å². The maximum atomic E-state index is 10.1. The van der Waals surface area contributed by atoms with Crippen molar-refractivity contribution >= 4 is 5.71 Å². The van der Waals surface area contributed by atoms with Crippen LogP contribution in [0.4, 0.5) is 0 Å². The van der Waals surface area contributed by atoms with Crippen molar-refractivity contribution < 1.29 is 10.2 Å². The van der Waals surface area contributed by atoms with Gasteiger partial charge in [0, 0.05) is 23.0 Å². The number of hydrogen-bond acceptors (Lipinski definition) is 7. The van der Waals surface area contributed by atoms with Gasteiger partial charge in [-0.15, -0.1) is 0 Å². The predicted molar refractivity (Wildman–Crippen MR) is 93.0 cm³/mol. The fraction of sp³-hybridized carbons (Fsp3) is 0.176. The zero-order valence-electron chi connectivity index (χ0n) is 14.1. The molecule has 0 fully saturated rings. The van der Waals surface area contributed by atoms with Crippen LogP contribution in [0.25, 0.3) is 5.95 Å². The van der Waals surface area contributed by atoms with Gasteiger partial charge in [0.15, 0.2) is 0 Å². The van der Waals surface area contributed by atoms with Crippen molar-refractivity contribution in [2.75, 3.05) is 0 Å². The molecule has 0 aliphatic heterocycles. The monoisotopic (exact) mass is 338 g/mol. The molecule has 0 bridgehead atoms. The Bertz CT molecular complexity index is 977. The Morgan fingerprint density at radius 2 is 1.80 bits per heavy atom. The van der Waals surface area contributed by atoms with Crippen LogP contribution in [0.5, 0.6) is 11.5 Å². The highest BCUT2D eigenvalue weighted by atomic mass is 16.3. The summed E-state index contributed by atoms with van der Waals surface area (Å²) < 4.78 is 1.64. The summed E-state index contributed by atoms with van der Waals surface area (Å²) in [5, 5.41) is 27.7. The van der Waals surface area contributed by atoms with Crippen molar-refractivity contribution in [1.29, 1.82) is 0 Å². The number of aromatic hydroxyl groups is 2. The standard InChI is InChI=1S/C17H18N6O2/c1-9-7-14(16(21-18)13-5-4-12(24)8-15(13)25)20-17(19-9)23-11(3)6-10(2)22-23/h4-8,24-25H,18H2,1-3H3/b21-16+. The van der Waals surface area contributed by atoms with Gasteiger partial charge in [0.05, 0.1) is 11.4 Å². The third-order valence-corrected chi connectivity index (χ3v) is 3.65. The Morgan fingerprint density at radius 1 is 1.04 bits per heavy atom. The van der Waals surface area contributed by atoms with Gasteiger partial charge >= 0.3 is 0 Å². The Balaban J connectivity index is 2.14. The number of nitrogens with two attached hydrogens (primary N) is 1. The molecule has 3 aromatic rings. The lowest BCUT2D eigenvalue weighted by Gasteiger charge is -2.10. The largest absolute Gasteiger partial charge is 0.508 e. The summed E-state index contributed by atoms with van der Waals surface area (Å²) in [7, 11) is 0. The minimum Gasteiger partial charge on any atom is -0.508 e. The van der Waals surface area contributed by atoms with Gasteiger partial charge in [0.25, 0.3) is 5.95 Å². The van der Waals surface area contributed by atoms with Gasteiger partial charge < -0.3 is 16.1 Å². The second-order valence-electron chi connectivity index (χ2n) is 5.71. The van der Waals surface area contributed by atoms with Crippen LogP contribution in [0.1, 0.15) is 28.3 Å². The SMILES string of the molecule is Cc1cc(/C(=N/N)c2ccc(O)cc2O)nc(-n2nc(C)cc2C)n1. The van der Waals surface area contributed by atoms with Gasteiger partial charge in [-0.2, -0.15) is 10.2 Å². The van der Waals surface area contributed by atoms with E-state index in [0.717, 1.165) is 11.4 Å². The van der Waals surface area contributed by atoms with Crippen LogP contribution in [0, 0.1) is 20.8 Å². The molecule has 0 saturated carbocycles. The zero-order chi connectivity index (χ0) is 18.1. The summed E-state index contributed by atoms with van der Waals surface area (Å²) in [6, 6.07) is 7.83. The lowest BCUT2D eigenvalue weighted by Crippen LogP contribution is -2.14. The molecule has 0 saturated heterocycles. The van der Waals surface area contributed by atoms with Crippen LogP contribution < -0.4 is 5.84 Å². The molecule has 3 rings (SSSR count). The summed E-state index contributed by atoms with van der Waals surface area (Å²) in [5.41, 5.74) is 3.54. The highest BCUT2D eigenvalue weighted by molar-refractivity contribution is 6.13. The molecule has 1 aromatic carbocycles. The van der Waals surface area contributed by atoms with E-state index in [1.807, 2.05) is 26.8 Å². The molecule has 0 radical (unpaired) electrons. The summed E-state index contributed by atoms with van der Waals surface area (Å²) in [6.07, 6.45) is 0. The van der Waals surface area contributed by atoms with Crippen LogP contribution in [0.3, 0.4) is 0 Å². The van der Waals surface area contributed by atoms with Crippen LogP contribution >= 0.6 is 0 Å². The van der Waals surface area contributed by atoms with Crippen molar-refractivity contribution in [3.8, 4) is 17.4 Å². The number of aromatic nitrogens is 4. The lowest BCUT2D eigenvalue weighted by molar-refractivity contribution is 0.450. The van der Waals surface area contributed by atoms with Crippen LogP contribution in [-0.2, 0) is 0 Å². The summed E-state index contributed by atoms with van der Waals surface area (Å²) >= 11 is 0.